The van der Waals surface area contributed by atoms with Crippen LogP contribution in [0.4, 0.5) is 5.69 Å². The lowest BCUT2D eigenvalue weighted by Crippen LogP contribution is -2.40. The fourth-order valence-electron chi connectivity index (χ4n) is 2.69. The number of phenols is 1. The lowest BCUT2D eigenvalue weighted by atomic mass is 10.1. The predicted octanol–water partition coefficient (Wildman–Crippen LogP) is 1.56. The Bertz CT molecular complexity index is 896. The summed E-state index contributed by atoms with van der Waals surface area (Å²) in [5.41, 5.74) is 5.20. The quantitative estimate of drug-likeness (QED) is 0.578. The molecule has 142 valence electrons. The van der Waals surface area contributed by atoms with Crippen LogP contribution in [-0.2, 0) is 9.84 Å². The molecule has 1 aliphatic heterocycles. The zero-order valence-electron chi connectivity index (χ0n) is 18.8. The molecular weight excluding hydrogens is 410 g/mol. The molecule has 1 atom stereocenters. The number of halogens is 1. The minimum Gasteiger partial charge on any atom is -0.507 e. The summed E-state index contributed by atoms with van der Waals surface area (Å²) in [4.78, 5) is 13.5. The zero-order valence-corrected chi connectivity index (χ0v) is 16.3. The molecule has 0 aliphatic carbocycles. The van der Waals surface area contributed by atoms with E-state index in [1.165, 1.54) is 11.8 Å². The van der Waals surface area contributed by atoms with Gasteiger partial charge in [0.25, 0.3) is 5.91 Å². The van der Waals surface area contributed by atoms with E-state index >= 15 is 0 Å². The van der Waals surface area contributed by atoms with Crippen LogP contribution in [-0.4, -0.2) is 55.7 Å². The molecule has 1 amide bonds. The van der Waals surface area contributed by atoms with Gasteiger partial charge in [-0.3, -0.25) is 9.69 Å². The smallest absolute Gasteiger partial charge is 0.255 e. The van der Waals surface area contributed by atoms with Crippen molar-refractivity contribution in [3.05, 3.63) is 17.7 Å². The highest BCUT2D eigenvalue weighted by atomic mass is 79.9. The Morgan fingerprint density at radius 3 is 2.92 bits per heavy atom. The number of likely N-dealkylation sites (N-methyl/N-ethyl adjacent to an activating group) is 1. The van der Waals surface area contributed by atoms with Gasteiger partial charge in [0.1, 0.15) is 5.75 Å². The van der Waals surface area contributed by atoms with Gasteiger partial charge in [0.15, 0.2) is 9.84 Å². The number of nitrogen functional groups attached to an aromatic ring is 1. The lowest BCUT2D eigenvalue weighted by molar-refractivity contribution is 0.0938. The number of carbonyl (C=O) groups excluding carboxylic acids is 1. The summed E-state index contributed by atoms with van der Waals surface area (Å²) in [6.07, 6.45) is 1.06. The van der Waals surface area contributed by atoms with Crippen LogP contribution in [0.1, 0.15) is 43.8 Å². The highest BCUT2D eigenvalue weighted by molar-refractivity contribution is 8.93. The van der Waals surface area contributed by atoms with Gasteiger partial charge in [-0.05, 0) is 31.9 Å². The summed E-state index contributed by atoms with van der Waals surface area (Å²) >= 11 is 0. The van der Waals surface area contributed by atoms with Crippen LogP contribution in [0.3, 0.4) is 0 Å². The van der Waals surface area contributed by atoms with Crippen LogP contribution in [0.2, 0.25) is 0 Å². The third kappa shape index (κ3) is 4.86. The average molecular weight is 441 g/mol. The van der Waals surface area contributed by atoms with Crippen molar-refractivity contribution in [1.29, 1.82) is 0 Å². The molecular formula is C16H26BrN3O4S. The Kier molecular flexibility index (Phi) is 5.25. The summed E-state index contributed by atoms with van der Waals surface area (Å²) in [6.45, 7) is -3.80. The number of hydrogen-bond donors (Lipinski definition) is 3. The molecule has 9 heteroatoms. The number of sulfone groups is 1. The average Bonchev–Trinajstić information content (AvgIpc) is 3.07. The Morgan fingerprint density at radius 1 is 1.56 bits per heavy atom. The third-order valence-electron chi connectivity index (χ3n) is 4.11. The van der Waals surface area contributed by atoms with E-state index in [1.54, 1.807) is 0 Å². The van der Waals surface area contributed by atoms with Crippen molar-refractivity contribution in [2.45, 2.75) is 37.6 Å². The summed E-state index contributed by atoms with van der Waals surface area (Å²) < 4.78 is 62.4. The normalized spacial score (nSPS) is 22.0. The van der Waals surface area contributed by atoms with E-state index < -0.39 is 40.9 Å². The van der Waals surface area contributed by atoms with Crippen LogP contribution in [0.5, 0.6) is 5.75 Å². The Morgan fingerprint density at radius 2 is 2.28 bits per heavy atom. The number of rotatable bonds is 6. The van der Waals surface area contributed by atoms with E-state index in [0.717, 1.165) is 12.1 Å². The van der Waals surface area contributed by atoms with Gasteiger partial charge in [-0.25, -0.2) is 8.42 Å². The molecule has 2 rings (SSSR count). The van der Waals surface area contributed by atoms with Gasteiger partial charge in [0, 0.05) is 25.5 Å². The summed E-state index contributed by atoms with van der Waals surface area (Å²) in [5.74, 6) is -1.49. The van der Waals surface area contributed by atoms with E-state index in [2.05, 4.69) is 5.32 Å². The highest BCUT2D eigenvalue weighted by Crippen LogP contribution is 2.28. The van der Waals surface area contributed by atoms with E-state index in [4.69, 9.17) is 12.6 Å². The first-order chi connectivity index (χ1) is 13.2. The van der Waals surface area contributed by atoms with E-state index in [-0.39, 0.29) is 52.0 Å². The van der Waals surface area contributed by atoms with Gasteiger partial charge in [-0.2, -0.15) is 0 Å². The number of amides is 1. The number of carbonyl (C=O) groups is 1. The largest absolute Gasteiger partial charge is 0.507 e. The minimum atomic E-state index is -3.71. The highest BCUT2D eigenvalue weighted by Gasteiger charge is 2.25. The molecule has 1 fully saturated rings. The van der Waals surface area contributed by atoms with Crippen molar-refractivity contribution >= 4 is 38.4 Å². The SMILES string of the molecule is Br.[2H]C([2H])([2H])C([2H])([2H])N1CCCC1CNC(=O)c1cc(S(=O)(=O)CC)c(N)cc1O. The summed E-state index contributed by atoms with van der Waals surface area (Å²) in [5, 5.41) is 12.5. The van der Waals surface area contributed by atoms with Crippen molar-refractivity contribution in [2.24, 2.45) is 0 Å². The molecule has 1 unspecified atom stereocenters. The van der Waals surface area contributed by atoms with Crippen LogP contribution in [0.25, 0.3) is 0 Å². The molecule has 1 aromatic rings. The maximum atomic E-state index is 12.5. The molecule has 4 N–H and O–H groups in total. The van der Waals surface area contributed by atoms with Crippen molar-refractivity contribution in [2.75, 3.05) is 31.1 Å². The second-order valence-corrected chi connectivity index (χ2v) is 7.87. The summed E-state index contributed by atoms with van der Waals surface area (Å²) in [7, 11) is -3.71. The van der Waals surface area contributed by atoms with Crippen molar-refractivity contribution in [1.82, 2.24) is 10.2 Å². The van der Waals surface area contributed by atoms with Crippen LogP contribution in [0, 0.1) is 0 Å². The number of benzene rings is 1. The molecule has 1 saturated heterocycles. The number of likely N-dealkylation sites (tertiary alicyclic amines) is 1. The standard InChI is InChI=1S/C16H25N3O4S.BrH/c1-3-19-7-5-6-11(19)10-18-16(21)12-8-15(24(22,23)4-2)13(17)9-14(12)20;/h8-9,11,20H,3-7,10,17H2,1-2H3,(H,18,21);1H/i1D3,3D2;. The molecule has 0 bridgehead atoms. The molecule has 0 saturated carbocycles. The Balaban J connectivity index is 0.00000450. The van der Waals surface area contributed by atoms with Gasteiger partial charge >= 0.3 is 0 Å². The maximum Gasteiger partial charge on any atom is 0.255 e. The molecule has 0 spiro atoms. The van der Waals surface area contributed by atoms with Gasteiger partial charge < -0.3 is 16.2 Å². The predicted molar refractivity (Wildman–Crippen MR) is 103 cm³/mol. The monoisotopic (exact) mass is 440 g/mol. The van der Waals surface area contributed by atoms with Crippen molar-refractivity contribution in [3.63, 3.8) is 0 Å². The van der Waals surface area contributed by atoms with Gasteiger partial charge in [-0.1, -0.05) is 13.8 Å². The molecule has 0 radical (unpaired) electrons. The van der Waals surface area contributed by atoms with Crippen LogP contribution < -0.4 is 11.1 Å². The number of phenolic OH excluding ortho intramolecular Hbond substituents is 1. The number of anilines is 1. The van der Waals surface area contributed by atoms with Gasteiger partial charge in [-0.15, -0.1) is 17.0 Å². The number of nitrogens with one attached hydrogen (secondary N) is 1. The molecule has 1 aromatic carbocycles. The third-order valence-corrected chi connectivity index (χ3v) is 5.89. The number of hydrogen-bond acceptors (Lipinski definition) is 6. The Labute approximate surface area is 166 Å². The first-order valence-corrected chi connectivity index (χ1v) is 9.27. The second-order valence-electron chi connectivity index (χ2n) is 5.62. The van der Waals surface area contributed by atoms with Gasteiger partial charge in [0.2, 0.25) is 0 Å². The molecule has 25 heavy (non-hydrogen) atoms. The van der Waals surface area contributed by atoms with Crippen molar-refractivity contribution < 1.29 is 25.2 Å². The fourth-order valence-corrected chi connectivity index (χ4v) is 3.72. The molecule has 1 aliphatic rings. The van der Waals surface area contributed by atoms with Crippen LogP contribution >= 0.6 is 17.0 Å². The number of aromatic hydroxyl groups is 1. The first-order valence-electron chi connectivity index (χ1n) is 10.1. The van der Waals surface area contributed by atoms with Gasteiger partial charge in [0.05, 0.1) is 21.9 Å². The van der Waals surface area contributed by atoms with Crippen molar-refractivity contribution in [3.8, 4) is 5.75 Å². The first kappa shape index (κ1) is 14.8. The molecule has 0 aromatic heterocycles. The Hall–Kier alpha value is -1.32. The van der Waals surface area contributed by atoms with E-state index in [1.807, 2.05) is 0 Å². The fraction of sp³-hybridized carbons (Fsp3) is 0.562. The molecule has 1 heterocycles. The molecule has 7 nitrogen and oxygen atoms in total. The number of nitrogens with zero attached hydrogens (tertiary/aromatic N) is 1. The second kappa shape index (κ2) is 8.86. The lowest BCUT2D eigenvalue weighted by Gasteiger charge is -2.23. The van der Waals surface area contributed by atoms with E-state index in [0.29, 0.717) is 12.8 Å². The topological polar surface area (TPSA) is 113 Å². The van der Waals surface area contributed by atoms with E-state index in [9.17, 15) is 18.3 Å². The summed E-state index contributed by atoms with van der Waals surface area (Å²) in [6, 6.07) is 1.45. The minimum absolute atomic E-state index is 0. The van der Waals surface area contributed by atoms with Crippen LogP contribution in [0.15, 0.2) is 17.0 Å². The zero-order chi connectivity index (χ0) is 22.2. The maximum absolute atomic E-state index is 12.5. The number of nitrogens with two attached hydrogens (primary N) is 1.